The molecular weight excluding hydrogens is 629 g/mol. The van der Waals surface area contributed by atoms with Gasteiger partial charge in [0, 0.05) is 45.3 Å². The normalized spacial score (nSPS) is 11.2. The van der Waals surface area contributed by atoms with Gasteiger partial charge in [0.1, 0.15) is 0 Å². The topological polar surface area (TPSA) is 8.17 Å². The van der Waals surface area contributed by atoms with Crippen LogP contribution < -0.4 is 4.90 Å². The summed E-state index contributed by atoms with van der Waals surface area (Å²) in [5.74, 6) is 0. The molecule has 0 amide bonds. The molecule has 0 spiro atoms. The first-order valence-electron chi connectivity index (χ1n) is 18.1. The van der Waals surface area contributed by atoms with Crippen LogP contribution in [0.4, 0.5) is 17.1 Å². The SMILES string of the molecule is CCn1c2ccccc2c2c(-c3cccc(-c4ccccc4N(c4ccccc4)c4ccc(-c5ccc(-c6ccccc6)cc5)cc4)c3)cccc21. The smallest absolute Gasteiger partial charge is 0.0540 e. The zero-order chi connectivity index (χ0) is 34.9. The highest BCUT2D eigenvalue weighted by molar-refractivity contribution is 6.15. The van der Waals surface area contributed by atoms with Crippen molar-refractivity contribution in [1.29, 1.82) is 0 Å². The Balaban J connectivity index is 1.12. The van der Waals surface area contributed by atoms with E-state index in [-0.39, 0.29) is 0 Å². The fraction of sp³-hybridized carbons (Fsp3) is 0.0400. The van der Waals surface area contributed by atoms with Crippen molar-refractivity contribution in [2.24, 2.45) is 0 Å². The number of rotatable bonds is 8. The van der Waals surface area contributed by atoms with E-state index < -0.39 is 0 Å². The summed E-state index contributed by atoms with van der Waals surface area (Å²) in [6.07, 6.45) is 0. The fourth-order valence-electron chi connectivity index (χ4n) is 7.74. The van der Waals surface area contributed by atoms with Crippen LogP contribution in [-0.2, 0) is 6.54 Å². The number of aryl methyl sites for hydroxylation is 1. The molecule has 9 rings (SSSR count). The van der Waals surface area contributed by atoms with Gasteiger partial charge in [0.15, 0.2) is 0 Å². The Morgan fingerprint density at radius 1 is 0.385 bits per heavy atom. The van der Waals surface area contributed by atoms with Crippen LogP contribution >= 0.6 is 0 Å². The van der Waals surface area contributed by atoms with Gasteiger partial charge in [-0.05, 0) is 94.4 Å². The predicted octanol–water partition coefficient (Wildman–Crippen LogP) is 14.0. The van der Waals surface area contributed by atoms with Gasteiger partial charge in [-0.15, -0.1) is 0 Å². The first-order chi connectivity index (χ1) is 25.8. The number of hydrogen-bond donors (Lipinski definition) is 0. The average Bonchev–Trinajstić information content (AvgIpc) is 3.56. The number of nitrogens with zero attached hydrogens (tertiary/aromatic N) is 2. The van der Waals surface area contributed by atoms with E-state index in [0.29, 0.717) is 0 Å². The molecule has 248 valence electrons. The van der Waals surface area contributed by atoms with Gasteiger partial charge in [-0.25, -0.2) is 0 Å². The Morgan fingerprint density at radius 2 is 0.865 bits per heavy atom. The van der Waals surface area contributed by atoms with Crippen molar-refractivity contribution in [1.82, 2.24) is 4.57 Å². The molecule has 0 aliphatic rings. The molecule has 0 fully saturated rings. The van der Waals surface area contributed by atoms with Crippen LogP contribution in [0, 0.1) is 0 Å². The van der Waals surface area contributed by atoms with Crippen LogP contribution in [0.1, 0.15) is 6.92 Å². The number of benzene rings is 8. The molecule has 0 unspecified atom stereocenters. The van der Waals surface area contributed by atoms with Crippen molar-refractivity contribution < 1.29 is 0 Å². The van der Waals surface area contributed by atoms with Gasteiger partial charge >= 0.3 is 0 Å². The van der Waals surface area contributed by atoms with Gasteiger partial charge in [0.05, 0.1) is 5.69 Å². The summed E-state index contributed by atoms with van der Waals surface area (Å²) in [5.41, 5.74) is 15.6. The third kappa shape index (κ3) is 5.65. The zero-order valence-corrected chi connectivity index (χ0v) is 29.2. The second-order valence-electron chi connectivity index (χ2n) is 13.2. The first kappa shape index (κ1) is 31.3. The Kier molecular flexibility index (Phi) is 8.19. The third-order valence-electron chi connectivity index (χ3n) is 10.2. The molecule has 0 saturated carbocycles. The molecule has 1 heterocycles. The standard InChI is InChI=1S/C50H38N2/c1-2-51-47-24-11-10-22-46(47)50-45(23-14-26-49(50)51)41-18-13-17-40(35-41)44-21-9-12-25-48(44)52(42-19-7-4-8-20-42)43-33-31-39(32-34-43)38-29-27-37(28-30-38)36-15-5-3-6-16-36/h3-35H,2H2,1H3. The van der Waals surface area contributed by atoms with E-state index in [0.717, 1.165) is 23.6 Å². The van der Waals surface area contributed by atoms with E-state index in [9.17, 15) is 0 Å². The van der Waals surface area contributed by atoms with E-state index in [2.05, 4.69) is 217 Å². The second kappa shape index (κ2) is 13.6. The minimum atomic E-state index is 0.928. The molecule has 0 aliphatic heterocycles. The van der Waals surface area contributed by atoms with Crippen LogP contribution in [0.5, 0.6) is 0 Å². The molecule has 2 heteroatoms. The van der Waals surface area contributed by atoms with Gasteiger partial charge in [0.2, 0.25) is 0 Å². The lowest BCUT2D eigenvalue weighted by atomic mass is 9.94. The number of para-hydroxylation sites is 3. The lowest BCUT2D eigenvalue weighted by Gasteiger charge is -2.28. The molecule has 0 atom stereocenters. The minimum Gasteiger partial charge on any atom is -0.341 e. The summed E-state index contributed by atoms with van der Waals surface area (Å²) in [5, 5.41) is 2.61. The van der Waals surface area contributed by atoms with Gasteiger partial charge in [-0.1, -0.05) is 152 Å². The molecular formula is C50H38N2. The molecule has 0 bridgehead atoms. The average molecular weight is 667 g/mol. The van der Waals surface area contributed by atoms with Crippen molar-refractivity contribution in [2.45, 2.75) is 13.5 Å². The van der Waals surface area contributed by atoms with Crippen LogP contribution in [-0.4, -0.2) is 4.57 Å². The highest BCUT2D eigenvalue weighted by Crippen LogP contribution is 2.43. The van der Waals surface area contributed by atoms with Gasteiger partial charge < -0.3 is 9.47 Å². The number of anilines is 3. The Hall–Kier alpha value is -6.64. The van der Waals surface area contributed by atoms with E-state index in [1.165, 1.54) is 66.3 Å². The molecule has 0 radical (unpaired) electrons. The summed E-state index contributed by atoms with van der Waals surface area (Å²) in [4.78, 5) is 2.37. The summed E-state index contributed by atoms with van der Waals surface area (Å²) < 4.78 is 2.43. The Labute approximate surface area is 305 Å². The van der Waals surface area contributed by atoms with Crippen LogP contribution in [0.25, 0.3) is 66.3 Å². The maximum Gasteiger partial charge on any atom is 0.0540 e. The Bertz CT molecular complexity index is 2630. The van der Waals surface area contributed by atoms with Crippen LogP contribution in [0.15, 0.2) is 200 Å². The first-order valence-corrected chi connectivity index (χ1v) is 18.1. The van der Waals surface area contributed by atoms with Crippen LogP contribution in [0.3, 0.4) is 0 Å². The quantitative estimate of drug-likeness (QED) is 0.157. The molecule has 52 heavy (non-hydrogen) atoms. The second-order valence-corrected chi connectivity index (χ2v) is 13.2. The maximum atomic E-state index is 2.43. The largest absolute Gasteiger partial charge is 0.341 e. The predicted molar refractivity (Wildman–Crippen MR) is 222 cm³/mol. The van der Waals surface area contributed by atoms with Crippen LogP contribution in [0.2, 0.25) is 0 Å². The van der Waals surface area contributed by atoms with Crippen molar-refractivity contribution in [3.05, 3.63) is 200 Å². The zero-order valence-electron chi connectivity index (χ0n) is 29.2. The van der Waals surface area contributed by atoms with Gasteiger partial charge in [-0.3, -0.25) is 0 Å². The van der Waals surface area contributed by atoms with E-state index in [4.69, 9.17) is 0 Å². The molecule has 0 N–H and O–H groups in total. The van der Waals surface area contributed by atoms with Crippen molar-refractivity contribution in [3.63, 3.8) is 0 Å². The summed E-state index contributed by atoms with van der Waals surface area (Å²) in [7, 11) is 0. The lowest BCUT2D eigenvalue weighted by molar-refractivity contribution is 0.827. The monoisotopic (exact) mass is 666 g/mol. The number of aromatic nitrogens is 1. The summed E-state index contributed by atoms with van der Waals surface area (Å²) in [6.45, 7) is 3.16. The van der Waals surface area contributed by atoms with Crippen molar-refractivity contribution in [2.75, 3.05) is 4.90 Å². The molecule has 1 aromatic heterocycles. The van der Waals surface area contributed by atoms with Crippen molar-refractivity contribution in [3.8, 4) is 44.5 Å². The maximum absolute atomic E-state index is 2.43. The summed E-state index contributed by atoms with van der Waals surface area (Å²) in [6, 6.07) is 72.4. The van der Waals surface area contributed by atoms with E-state index in [1.54, 1.807) is 0 Å². The van der Waals surface area contributed by atoms with Gasteiger partial charge in [-0.2, -0.15) is 0 Å². The highest BCUT2D eigenvalue weighted by Gasteiger charge is 2.19. The molecule has 2 nitrogen and oxygen atoms in total. The van der Waals surface area contributed by atoms with E-state index >= 15 is 0 Å². The van der Waals surface area contributed by atoms with E-state index in [1.807, 2.05) is 0 Å². The third-order valence-corrected chi connectivity index (χ3v) is 10.2. The molecule has 8 aromatic carbocycles. The lowest BCUT2D eigenvalue weighted by Crippen LogP contribution is -2.11. The highest BCUT2D eigenvalue weighted by atomic mass is 15.1. The van der Waals surface area contributed by atoms with Gasteiger partial charge in [0.25, 0.3) is 0 Å². The molecule has 0 saturated heterocycles. The number of fused-ring (bicyclic) bond motifs is 3. The Morgan fingerprint density at radius 3 is 1.58 bits per heavy atom. The molecule has 0 aliphatic carbocycles. The summed E-state index contributed by atoms with van der Waals surface area (Å²) >= 11 is 0. The molecule has 9 aromatic rings. The number of hydrogen-bond acceptors (Lipinski definition) is 1. The van der Waals surface area contributed by atoms with Crippen molar-refractivity contribution >= 4 is 38.9 Å². The fourth-order valence-corrected chi connectivity index (χ4v) is 7.74. The minimum absolute atomic E-state index is 0.928.